The monoisotopic (exact) mass is 365 g/mol. The van der Waals surface area contributed by atoms with Gasteiger partial charge in [0.1, 0.15) is 6.54 Å². The lowest BCUT2D eigenvalue weighted by atomic mass is 10.4. The molecule has 0 saturated heterocycles. The minimum absolute atomic E-state index is 0. The van der Waals surface area contributed by atoms with Crippen LogP contribution in [0.2, 0.25) is 0 Å². The average molecular weight is 365 g/mol. The third-order valence-corrected chi connectivity index (χ3v) is 2.56. The first-order valence-corrected chi connectivity index (χ1v) is 5.96. The first-order chi connectivity index (χ1) is 8.15. The second-order valence-corrected chi connectivity index (χ2v) is 4.72. The van der Waals surface area contributed by atoms with Crippen LogP contribution in [0.4, 0.5) is 0 Å². The number of nitrogens with two attached hydrogens (primary N) is 1. The maximum absolute atomic E-state index is 5.72. The van der Waals surface area contributed by atoms with Crippen molar-refractivity contribution in [3.8, 4) is 0 Å². The molecule has 102 valence electrons. The van der Waals surface area contributed by atoms with E-state index in [9.17, 15) is 0 Å². The van der Waals surface area contributed by atoms with Crippen molar-refractivity contribution in [2.45, 2.75) is 45.8 Å². The summed E-state index contributed by atoms with van der Waals surface area (Å²) in [5.41, 5.74) is 5.72. The lowest BCUT2D eigenvalue weighted by Crippen LogP contribution is -2.36. The summed E-state index contributed by atoms with van der Waals surface area (Å²) in [5, 5.41) is 14.6. The summed E-state index contributed by atoms with van der Waals surface area (Å²) in [5.74, 6) is 1.94. The van der Waals surface area contributed by atoms with Crippen LogP contribution < -0.4 is 11.1 Å². The molecule has 0 spiro atoms. The number of hydrogen-bond acceptors (Lipinski definition) is 4. The lowest BCUT2D eigenvalue weighted by molar-refractivity contribution is 0.524. The summed E-state index contributed by atoms with van der Waals surface area (Å²) < 4.78 is 1.82. The van der Waals surface area contributed by atoms with Crippen molar-refractivity contribution in [1.29, 1.82) is 0 Å². The molecular weight excluding hydrogens is 345 g/mol. The molecule has 0 aliphatic heterocycles. The number of nitrogens with one attached hydrogen (secondary N) is 1. The van der Waals surface area contributed by atoms with Crippen molar-refractivity contribution in [3.05, 3.63) is 5.82 Å². The van der Waals surface area contributed by atoms with Crippen LogP contribution in [0, 0.1) is 5.92 Å². The fraction of sp³-hybridized carbons (Fsp3) is 0.800. The van der Waals surface area contributed by atoms with Crippen molar-refractivity contribution in [2.24, 2.45) is 16.6 Å². The molecule has 7 nitrogen and oxygen atoms in total. The normalized spacial score (nSPS) is 15.6. The number of aliphatic imine (C=N–C) groups is 1. The van der Waals surface area contributed by atoms with E-state index in [0.717, 1.165) is 18.3 Å². The summed E-state index contributed by atoms with van der Waals surface area (Å²) in [4.78, 5) is 4.22. The number of hydrogen-bond donors (Lipinski definition) is 2. The van der Waals surface area contributed by atoms with Crippen molar-refractivity contribution in [2.75, 3.05) is 0 Å². The van der Waals surface area contributed by atoms with Gasteiger partial charge in [0.2, 0.25) is 0 Å². The van der Waals surface area contributed by atoms with E-state index in [1.165, 1.54) is 12.8 Å². The van der Waals surface area contributed by atoms with Crippen molar-refractivity contribution < 1.29 is 0 Å². The molecule has 3 N–H and O–H groups in total. The molecule has 0 atom stereocenters. The van der Waals surface area contributed by atoms with Crippen LogP contribution in [0.25, 0.3) is 0 Å². The summed E-state index contributed by atoms with van der Waals surface area (Å²) in [6, 6.07) is 0.279. The molecule has 0 bridgehead atoms. The molecule has 0 unspecified atom stereocenters. The van der Waals surface area contributed by atoms with E-state index in [1.807, 2.05) is 18.5 Å². The summed E-state index contributed by atoms with van der Waals surface area (Å²) in [6.07, 6.45) is 2.55. The number of guanidine groups is 1. The predicted octanol–water partition coefficient (Wildman–Crippen LogP) is 0.514. The molecular formula is C10H20IN7. The van der Waals surface area contributed by atoms with E-state index in [4.69, 9.17) is 5.73 Å². The molecule has 0 aromatic carbocycles. The van der Waals surface area contributed by atoms with Crippen LogP contribution in [-0.2, 0) is 13.1 Å². The van der Waals surface area contributed by atoms with Crippen molar-refractivity contribution in [1.82, 2.24) is 25.5 Å². The Morgan fingerprint density at radius 1 is 1.56 bits per heavy atom. The van der Waals surface area contributed by atoms with Crippen LogP contribution in [0.1, 0.15) is 32.5 Å². The lowest BCUT2D eigenvalue weighted by Gasteiger charge is -2.08. The fourth-order valence-electron chi connectivity index (χ4n) is 1.52. The van der Waals surface area contributed by atoms with Gasteiger partial charge in [-0.15, -0.1) is 29.1 Å². The topological polar surface area (TPSA) is 94.0 Å². The number of rotatable bonds is 5. The highest BCUT2D eigenvalue weighted by molar-refractivity contribution is 14.0. The SMILES string of the molecule is CC(C)NC(N)=NCc1nnnn1CC1CC1.I. The van der Waals surface area contributed by atoms with Gasteiger partial charge in [0.05, 0.1) is 0 Å². The third-order valence-electron chi connectivity index (χ3n) is 2.56. The molecule has 0 amide bonds. The molecule has 0 radical (unpaired) electrons. The van der Waals surface area contributed by atoms with Crippen LogP contribution in [0.3, 0.4) is 0 Å². The van der Waals surface area contributed by atoms with Gasteiger partial charge < -0.3 is 11.1 Å². The molecule has 1 aromatic rings. The van der Waals surface area contributed by atoms with Crippen molar-refractivity contribution >= 4 is 29.9 Å². The van der Waals surface area contributed by atoms with Gasteiger partial charge >= 0.3 is 0 Å². The zero-order valence-electron chi connectivity index (χ0n) is 10.7. The summed E-state index contributed by atoms with van der Waals surface area (Å²) in [6.45, 7) is 5.35. The third kappa shape index (κ3) is 4.75. The van der Waals surface area contributed by atoms with E-state index in [1.54, 1.807) is 0 Å². The molecule has 2 rings (SSSR count). The van der Waals surface area contributed by atoms with Gasteiger partial charge in [-0.2, -0.15) is 0 Å². The zero-order chi connectivity index (χ0) is 12.3. The largest absolute Gasteiger partial charge is 0.370 e. The Morgan fingerprint density at radius 3 is 2.89 bits per heavy atom. The summed E-state index contributed by atoms with van der Waals surface area (Å²) in [7, 11) is 0. The van der Waals surface area contributed by atoms with E-state index in [-0.39, 0.29) is 30.0 Å². The smallest absolute Gasteiger partial charge is 0.189 e. The van der Waals surface area contributed by atoms with Crippen LogP contribution in [0.15, 0.2) is 4.99 Å². The maximum Gasteiger partial charge on any atom is 0.189 e. The van der Waals surface area contributed by atoms with E-state index in [0.29, 0.717) is 12.5 Å². The van der Waals surface area contributed by atoms with Gasteiger partial charge in [-0.25, -0.2) is 9.67 Å². The maximum atomic E-state index is 5.72. The zero-order valence-corrected chi connectivity index (χ0v) is 13.0. The Balaban J connectivity index is 0.00000162. The standard InChI is InChI=1S/C10H19N7.HI/c1-7(2)13-10(11)12-5-9-14-15-16-17(9)6-8-3-4-8;/h7-8H,3-6H2,1-2H3,(H3,11,12,13);1H. The number of nitrogens with zero attached hydrogens (tertiary/aromatic N) is 5. The molecule has 1 aliphatic rings. The van der Waals surface area contributed by atoms with E-state index >= 15 is 0 Å². The first kappa shape index (κ1) is 15.1. The molecule has 1 aromatic heterocycles. The Kier molecular flexibility index (Phi) is 5.76. The predicted molar refractivity (Wildman–Crippen MR) is 79.6 cm³/mol. The van der Waals surface area contributed by atoms with Gasteiger partial charge in [0, 0.05) is 12.6 Å². The Labute approximate surface area is 124 Å². The Bertz CT molecular complexity index is 397. The molecule has 18 heavy (non-hydrogen) atoms. The molecule has 1 fully saturated rings. The number of halogens is 1. The van der Waals surface area contributed by atoms with Gasteiger partial charge in [-0.05, 0) is 43.0 Å². The van der Waals surface area contributed by atoms with E-state index in [2.05, 4.69) is 25.8 Å². The van der Waals surface area contributed by atoms with Gasteiger partial charge in [0.15, 0.2) is 11.8 Å². The van der Waals surface area contributed by atoms with Gasteiger partial charge in [-0.1, -0.05) is 0 Å². The highest BCUT2D eigenvalue weighted by Gasteiger charge is 2.23. The molecule has 1 heterocycles. The number of aromatic nitrogens is 4. The Hall–Kier alpha value is -0.930. The molecule has 1 aliphatic carbocycles. The molecule has 8 heteroatoms. The van der Waals surface area contributed by atoms with Gasteiger partial charge in [0.25, 0.3) is 0 Å². The van der Waals surface area contributed by atoms with Crippen LogP contribution >= 0.6 is 24.0 Å². The van der Waals surface area contributed by atoms with Crippen LogP contribution in [-0.4, -0.2) is 32.2 Å². The fourth-order valence-corrected chi connectivity index (χ4v) is 1.52. The van der Waals surface area contributed by atoms with Gasteiger partial charge in [-0.3, -0.25) is 0 Å². The molecule has 1 saturated carbocycles. The number of tetrazole rings is 1. The highest BCUT2D eigenvalue weighted by atomic mass is 127. The van der Waals surface area contributed by atoms with E-state index < -0.39 is 0 Å². The minimum Gasteiger partial charge on any atom is -0.370 e. The highest BCUT2D eigenvalue weighted by Crippen LogP contribution is 2.30. The summed E-state index contributed by atoms with van der Waals surface area (Å²) >= 11 is 0. The average Bonchev–Trinajstić information content (AvgIpc) is 2.93. The Morgan fingerprint density at radius 2 is 2.28 bits per heavy atom. The quantitative estimate of drug-likeness (QED) is 0.451. The second kappa shape index (κ2) is 6.86. The minimum atomic E-state index is 0. The van der Waals surface area contributed by atoms with Crippen molar-refractivity contribution in [3.63, 3.8) is 0 Å². The first-order valence-electron chi connectivity index (χ1n) is 5.96. The second-order valence-electron chi connectivity index (χ2n) is 4.72. The van der Waals surface area contributed by atoms with Crippen LogP contribution in [0.5, 0.6) is 0 Å².